The number of hydrogen-bond donors (Lipinski definition) is 0. The topological polar surface area (TPSA) is 26.3 Å². The van der Waals surface area contributed by atoms with Crippen LogP contribution >= 0.6 is 0 Å². The zero-order valence-electron chi connectivity index (χ0n) is 6.02. The van der Waals surface area contributed by atoms with Gasteiger partial charge in [-0.3, -0.25) is 4.79 Å². The maximum atomic E-state index is 10.6. The lowest BCUT2D eigenvalue weighted by molar-refractivity contribution is -0.137. The van der Waals surface area contributed by atoms with Crippen LogP contribution in [0.15, 0.2) is 0 Å². The smallest absolute Gasteiger partial charge is 0.307 e. The van der Waals surface area contributed by atoms with Crippen LogP contribution in [-0.4, -0.2) is 5.97 Å². The normalized spacial score (nSPS) is 26.3. The highest BCUT2D eigenvalue weighted by Crippen LogP contribution is 2.39. The number of hydrogen-bond acceptors (Lipinski definition) is 2. The summed E-state index contributed by atoms with van der Waals surface area (Å²) in [4.78, 5) is 10.6. The van der Waals surface area contributed by atoms with Crippen molar-refractivity contribution in [3.8, 4) is 0 Å². The minimum atomic E-state index is -0.0995. The van der Waals surface area contributed by atoms with Gasteiger partial charge in [0.25, 0.3) is 0 Å². The van der Waals surface area contributed by atoms with Gasteiger partial charge < -0.3 is 4.74 Å². The number of carbonyl (C=O) groups is 1. The van der Waals surface area contributed by atoms with E-state index < -0.39 is 0 Å². The Kier molecular flexibility index (Phi) is 1.26. The van der Waals surface area contributed by atoms with Gasteiger partial charge in [0.15, 0.2) is 6.10 Å². The summed E-state index contributed by atoms with van der Waals surface area (Å²) in [6.07, 6.45) is 1.37. The Morgan fingerprint density at radius 2 is 2.11 bits per heavy atom. The quantitative estimate of drug-likeness (QED) is 0.461. The van der Waals surface area contributed by atoms with Crippen molar-refractivity contribution in [1.82, 2.24) is 0 Å². The van der Waals surface area contributed by atoms with E-state index in [9.17, 15) is 4.79 Å². The predicted molar refractivity (Wildman–Crippen MR) is 33.4 cm³/mol. The molecule has 0 spiro atoms. The van der Waals surface area contributed by atoms with Gasteiger partial charge in [0.2, 0.25) is 0 Å². The second-order valence-electron chi connectivity index (χ2n) is 3.09. The molecule has 0 aromatic carbocycles. The Labute approximate surface area is 55.2 Å². The third kappa shape index (κ3) is 1.07. The van der Waals surface area contributed by atoms with Crippen molar-refractivity contribution in [2.45, 2.75) is 27.2 Å². The maximum Gasteiger partial charge on any atom is 0.307 e. The van der Waals surface area contributed by atoms with Gasteiger partial charge in [-0.2, -0.15) is 0 Å². The van der Waals surface area contributed by atoms with Crippen molar-refractivity contribution in [1.29, 1.82) is 0 Å². The molecule has 0 amide bonds. The third-order valence-electron chi connectivity index (χ3n) is 1.81. The molecule has 1 heterocycles. The van der Waals surface area contributed by atoms with E-state index in [0.29, 0.717) is 6.42 Å². The van der Waals surface area contributed by atoms with Gasteiger partial charge in [-0.05, 0) is 6.92 Å². The largest absolute Gasteiger partial charge is 0.454 e. The van der Waals surface area contributed by atoms with E-state index in [4.69, 9.17) is 4.74 Å². The van der Waals surface area contributed by atoms with Crippen molar-refractivity contribution < 1.29 is 9.53 Å². The molecule has 1 rings (SSSR count). The van der Waals surface area contributed by atoms with Crippen molar-refractivity contribution in [3.05, 3.63) is 6.10 Å². The van der Waals surface area contributed by atoms with Crippen LogP contribution in [0.4, 0.5) is 0 Å². The third-order valence-corrected chi connectivity index (χ3v) is 1.81. The van der Waals surface area contributed by atoms with E-state index in [1.54, 1.807) is 0 Å². The Morgan fingerprint density at radius 3 is 2.22 bits per heavy atom. The van der Waals surface area contributed by atoms with Crippen LogP contribution in [0.5, 0.6) is 0 Å². The number of ether oxygens (including phenoxy) is 1. The molecular formula is C7H11O2. The fourth-order valence-electron chi connectivity index (χ4n) is 0.830. The summed E-state index contributed by atoms with van der Waals surface area (Å²) in [5.74, 6) is -0.0995. The lowest BCUT2D eigenvalue weighted by atomic mass is 9.87. The van der Waals surface area contributed by atoms with E-state index in [1.807, 2.05) is 20.8 Å². The summed E-state index contributed by atoms with van der Waals surface area (Å²) in [5, 5.41) is 0. The lowest BCUT2D eigenvalue weighted by Crippen LogP contribution is -2.12. The number of rotatable bonds is 0. The molecule has 0 aromatic rings. The van der Waals surface area contributed by atoms with E-state index >= 15 is 0 Å². The van der Waals surface area contributed by atoms with Crippen LogP contribution in [0, 0.1) is 11.5 Å². The predicted octanol–water partition coefficient (Wildman–Crippen LogP) is 1.51. The van der Waals surface area contributed by atoms with Crippen LogP contribution < -0.4 is 0 Å². The van der Waals surface area contributed by atoms with Gasteiger partial charge in [-0.25, -0.2) is 0 Å². The first-order chi connectivity index (χ1) is 4.02. The summed E-state index contributed by atoms with van der Waals surface area (Å²) in [6, 6.07) is 0. The molecule has 0 aromatic heterocycles. The molecule has 9 heavy (non-hydrogen) atoms. The van der Waals surface area contributed by atoms with Crippen molar-refractivity contribution in [2.24, 2.45) is 5.41 Å². The first kappa shape index (κ1) is 6.59. The van der Waals surface area contributed by atoms with E-state index in [1.165, 1.54) is 0 Å². The Morgan fingerprint density at radius 1 is 1.56 bits per heavy atom. The molecule has 2 nitrogen and oxygen atoms in total. The molecular weight excluding hydrogens is 116 g/mol. The minimum absolute atomic E-state index is 0.0307. The molecule has 0 saturated carbocycles. The van der Waals surface area contributed by atoms with Gasteiger partial charge in [-0.15, -0.1) is 0 Å². The average Bonchev–Trinajstić information content (AvgIpc) is 1.79. The monoisotopic (exact) mass is 127 g/mol. The van der Waals surface area contributed by atoms with Crippen molar-refractivity contribution >= 4 is 5.97 Å². The number of esters is 1. The summed E-state index contributed by atoms with van der Waals surface area (Å²) < 4.78 is 4.85. The van der Waals surface area contributed by atoms with Crippen LogP contribution in [0.2, 0.25) is 0 Å². The summed E-state index contributed by atoms with van der Waals surface area (Å²) in [7, 11) is 0. The number of carbonyl (C=O) groups excluding carboxylic acids is 1. The van der Waals surface area contributed by atoms with Crippen LogP contribution in [0.3, 0.4) is 0 Å². The first-order valence-corrected chi connectivity index (χ1v) is 3.07. The van der Waals surface area contributed by atoms with Crippen LogP contribution in [0.25, 0.3) is 0 Å². The van der Waals surface area contributed by atoms with E-state index in [-0.39, 0.29) is 11.4 Å². The second-order valence-corrected chi connectivity index (χ2v) is 3.09. The van der Waals surface area contributed by atoms with Crippen molar-refractivity contribution in [2.75, 3.05) is 0 Å². The van der Waals surface area contributed by atoms with Gasteiger partial charge in [-0.1, -0.05) is 13.8 Å². The molecule has 51 valence electrons. The fraction of sp³-hybridized carbons (Fsp3) is 0.714. The van der Waals surface area contributed by atoms with Crippen LogP contribution in [-0.2, 0) is 9.53 Å². The molecule has 0 bridgehead atoms. The summed E-state index contributed by atoms with van der Waals surface area (Å²) >= 11 is 0. The Bertz CT molecular complexity index is 138. The van der Waals surface area contributed by atoms with E-state index in [0.717, 1.165) is 6.10 Å². The fourth-order valence-corrected chi connectivity index (χ4v) is 0.830. The highest BCUT2D eigenvalue weighted by molar-refractivity contribution is 5.74. The van der Waals surface area contributed by atoms with Crippen molar-refractivity contribution in [3.63, 3.8) is 0 Å². The standard InChI is InChI=1S/C7H11O2/c1-5-7(2,3)4-6(8)9-5/h4H2,1-3H3. The Hall–Kier alpha value is -0.530. The summed E-state index contributed by atoms with van der Waals surface area (Å²) in [6.45, 7) is 5.87. The van der Waals surface area contributed by atoms with Crippen LogP contribution in [0.1, 0.15) is 27.2 Å². The lowest BCUT2D eigenvalue weighted by Gasteiger charge is -2.16. The number of cyclic esters (lactones) is 1. The summed E-state index contributed by atoms with van der Waals surface area (Å²) in [5.41, 5.74) is -0.0307. The van der Waals surface area contributed by atoms with Gasteiger partial charge in [0, 0.05) is 5.41 Å². The van der Waals surface area contributed by atoms with Gasteiger partial charge in [0.05, 0.1) is 6.42 Å². The molecule has 1 saturated heterocycles. The van der Waals surface area contributed by atoms with Gasteiger partial charge >= 0.3 is 5.97 Å². The molecule has 0 aliphatic carbocycles. The zero-order valence-corrected chi connectivity index (χ0v) is 6.02. The molecule has 1 aliphatic heterocycles. The molecule has 1 radical (unpaired) electrons. The maximum absolute atomic E-state index is 10.6. The van der Waals surface area contributed by atoms with E-state index in [2.05, 4.69) is 0 Å². The average molecular weight is 127 g/mol. The zero-order chi connectivity index (χ0) is 7.07. The first-order valence-electron chi connectivity index (χ1n) is 3.07. The molecule has 0 unspecified atom stereocenters. The molecule has 1 aliphatic rings. The Balaban J connectivity index is 2.69. The molecule has 2 heteroatoms. The SMILES string of the molecule is C[C]1OC(=O)CC1(C)C. The molecule has 0 N–H and O–H groups in total. The minimum Gasteiger partial charge on any atom is -0.454 e. The molecule has 1 fully saturated rings. The highest BCUT2D eigenvalue weighted by Gasteiger charge is 2.39. The second kappa shape index (κ2) is 1.72. The molecule has 0 atom stereocenters. The van der Waals surface area contributed by atoms with Gasteiger partial charge in [0.1, 0.15) is 0 Å². The highest BCUT2D eigenvalue weighted by atomic mass is 16.5.